The van der Waals surface area contributed by atoms with Crippen LogP contribution in [0.2, 0.25) is 0 Å². The minimum atomic E-state index is -0.912. The van der Waals surface area contributed by atoms with Gasteiger partial charge >= 0.3 is 5.97 Å². The van der Waals surface area contributed by atoms with Crippen LogP contribution in [0.5, 0.6) is 0 Å². The molecule has 0 aromatic rings. The van der Waals surface area contributed by atoms with Gasteiger partial charge in [-0.15, -0.1) is 0 Å². The quantitative estimate of drug-likeness (QED) is 0.679. The molecule has 0 amide bonds. The molecule has 0 fully saturated rings. The van der Waals surface area contributed by atoms with Crippen LogP contribution in [-0.2, 0) is 18.8 Å². The summed E-state index contributed by atoms with van der Waals surface area (Å²) < 4.78 is 20.8. The van der Waals surface area contributed by atoms with Crippen molar-refractivity contribution in [2.24, 2.45) is 0 Å². The molecule has 0 bridgehead atoms. The van der Waals surface area contributed by atoms with Gasteiger partial charge in [0.25, 0.3) is 0 Å². The van der Waals surface area contributed by atoms with E-state index in [1.807, 2.05) is 13.8 Å². The second-order valence-corrected chi connectivity index (χ2v) is 3.87. The van der Waals surface area contributed by atoms with Crippen LogP contribution in [-0.4, -0.2) is 25.3 Å². The maximum atomic E-state index is 10.3. The summed E-state index contributed by atoms with van der Waals surface area (Å²) in [4.78, 5) is 11.8. The Labute approximate surface area is 85.5 Å². The van der Waals surface area contributed by atoms with E-state index in [4.69, 9.17) is 9.05 Å². The molecule has 0 spiro atoms. The van der Waals surface area contributed by atoms with E-state index in [2.05, 4.69) is 11.9 Å². The second-order valence-electron chi connectivity index (χ2n) is 2.05. The first-order valence-corrected chi connectivity index (χ1v) is 5.81. The highest BCUT2D eigenvalue weighted by Gasteiger charge is 2.02. The molecular formula is C8H18FO4P. The average molecular weight is 228 g/mol. The van der Waals surface area contributed by atoms with Crippen molar-refractivity contribution in [2.45, 2.75) is 27.7 Å². The summed E-state index contributed by atoms with van der Waals surface area (Å²) in [6, 6.07) is 0. The third-order valence-electron chi connectivity index (χ3n) is 0.913. The van der Waals surface area contributed by atoms with Gasteiger partial charge in [-0.05, 0) is 13.8 Å². The summed E-state index contributed by atoms with van der Waals surface area (Å²) in [7, 11) is -0.559. The van der Waals surface area contributed by atoms with Gasteiger partial charge in [0, 0.05) is 17.6 Å². The van der Waals surface area contributed by atoms with Gasteiger partial charge in [0.15, 0.2) is 8.38 Å². The zero-order valence-corrected chi connectivity index (χ0v) is 9.97. The first kappa shape index (κ1) is 16.2. The summed E-state index contributed by atoms with van der Waals surface area (Å²) in [6.45, 7) is 8.57. The first-order chi connectivity index (χ1) is 6.62. The molecule has 4 nitrogen and oxygen atoms in total. The van der Waals surface area contributed by atoms with Crippen molar-refractivity contribution in [1.29, 1.82) is 0 Å². The Morgan fingerprint density at radius 3 is 1.71 bits per heavy atom. The molecule has 0 aliphatic carbocycles. The van der Waals surface area contributed by atoms with Gasteiger partial charge in [0.2, 0.25) is 0 Å². The van der Waals surface area contributed by atoms with Crippen LogP contribution in [0.1, 0.15) is 27.7 Å². The van der Waals surface area contributed by atoms with E-state index in [9.17, 15) is 9.32 Å². The van der Waals surface area contributed by atoms with E-state index in [1.54, 1.807) is 0 Å². The fraction of sp³-hybridized carbons (Fsp3) is 0.875. The van der Waals surface area contributed by atoms with Gasteiger partial charge in [-0.3, -0.25) is 4.94 Å². The number of carbonyl (C=O) groups excluding carboxylic acids is 1. The van der Waals surface area contributed by atoms with Crippen molar-refractivity contribution in [3.63, 3.8) is 0 Å². The topological polar surface area (TPSA) is 44.8 Å². The van der Waals surface area contributed by atoms with Crippen molar-refractivity contribution < 1.29 is 23.3 Å². The van der Waals surface area contributed by atoms with Gasteiger partial charge in [0.1, 0.15) is 0 Å². The molecule has 0 aromatic heterocycles. The van der Waals surface area contributed by atoms with Gasteiger partial charge < -0.3 is 9.05 Å². The van der Waals surface area contributed by atoms with Crippen LogP contribution in [0.3, 0.4) is 0 Å². The van der Waals surface area contributed by atoms with E-state index in [0.717, 1.165) is 26.3 Å². The Morgan fingerprint density at radius 2 is 1.57 bits per heavy atom. The second kappa shape index (κ2) is 12.8. The highest BCUT2D eigenvalue weighted by molar-refractivity contribution is 7.47. The number of rotatable bonds is 5. The summed E-state index contributed by atoms with van der Waals surface area (Å²) in [5, 5.41) is 0. The molecule has 0 aliphatic rings. The van der Waals surface area contributed by atoms with Crippen LogP contribution in [0.15, 0.2) is 0 Å². The zero-order valence-electron chi connectivity index (χ0n) is 9.08. The van der Waals surface area contributed by atoms with Crippen LogP contribution < -0.4 is 0 Å². The highest BCUT2D eigenvalue weighted by atomic mass is 31.2. The lowest BCUT2D eigenvalue weighted by Gasteiger charge is -2.12. The Bertz CT molecular complexity index is 129. The van der Waals surface area contributed by atoms with Crippen LogP contribution >= 0.6 is 8.38 Å². The third-order valence-corrected chi connectivity index (χ3v) is 2.52. The molecule has 0 saturated carbocycles. The highest BCUT2D eigenvalue weighted by Crippen LogP contribution is 2.36. The molecule has 0 saturated heterocycles. The summed E-state index contributed by atoms with van der Waals surface area (Å²) in [6.07, 6.45) is 0.997. The van der Waals surface area contributed by atoms with E-state index in [0.29, 0.717) is 0 Å². The van der Waals surface area contributed by atoms with Gasteiger partial charge in [-0.1, -0.05) is 6.92 Å². The molecule has 0 heterocycles. The Balaban J connectivity index is 0. The SMILES string of the molecule is CC(=O)OF.CCOP(CC)OCC. The minimum absolute atomic E-state index is 0.559. The summed E-state index contributed by atoms with van der Waals surface area (Å²) in [5.74, 6) is -0.912. The molecule has 6 heteroatoms. The molecular weight excluding hydrogens is 210 g/mol. The molecule has 0 radical (unpaired) electrons. The largest absolute Gasteiger partial charge is 0.345 e. The van der Waals surface area contributed by atoms with E-state index in [1.165, 1.54) is 0 Å². The normalized spacial score (nSPS) is 9.29. The fourth-order valence-corrected chi connectivity index (χ4v) is 1.52. The average Bonchev–Trinajstić information content (AvgIpc) is 2.18. The lowest BCUT2D eigenvalue weighted by atomic mass is 10.9. The van der Waals surface area contributed by atoms with Crippen LogP contribution in [0, 0.1) is 0 Å². The fourth-order valence-electron chi connectivity index (χ4n) is 0.508. The standard InChI is InChI=1S/C6H15O2P.C2H3FO2/c1-4-7-9(6-3)8-5-2;1-2(4)5-3/h4-6H2,1-3H3;1H3. The van der Waals surface area contributed by atoms with Crippen molar-refractivity contribution >= 4 is 14.3 Å². The van der Waals surface area contributed by atoms with Gasteiger partial charge in [0.05, 0.1) is 13.2 Å². The van der Waals surface area contributed by atoms with Crippen molar-refractivity contribution in [3.8, 4) is 0 Å². The summed E-state index contributed by atoms with van der Waals surface area (Å²) in [5.41, 5.74) is 0. The third kappa shape index (κ3) is 14.3. The maximum absolute atomic E-state index is 10.3. The maximum Gasteiger partial charge on any atom is 0.345 e. The van der Waals surface area contributed by atoms with E-state index in [-0.39, 0.29) is 0 Å². The summed E-state index contributed by atoms with van der Waals surface area (Å²) >= 11 is 0. The number of hydrogen-bond acceptors (Lipinski definition) is 4. The van der Waals surface area contributed by atoms with Crippen molar-refractivity contribution in [3.05, 3.63) is 0 Å². The number of carbonyl (C=O) groups is 1. The predicted octanol–water partition coefficient (Wildman–Crippen LogP) is 2.83. The van der Waals surface area contributed by atoms with Crippen molar-refractivity contribution in [2.75, 3.05) is 19.4 Å². The molecule has 0 rings (SSSR count). The smallest absolute Gasteiger partial charge is 0.334 e. The van der Waals surface area contributed by atoms with E-state index < -0.39 is 14.3 Å². The lowest BCUT2D eigenvalue weighted by molar-refractivity contribution is -0.180. The molecule has 0 aromatic carbocycles. The van der Waals surface area contributed by atoms with E-state index >= 15 is 0 Å². The molecule has 0 atom stereocenters. The molecule has 14 heavy (non-hydrogen) atoms. The molecule has 86 valence electrons. The number of hydrogen-bond donors (Lipinski definition) is 0. The zero-order chi connectivity index (χ0) is 11.4. The predicted molar refractivity (Wildman–Crippen MR) is 53.6 cm³/mol. The monoisotopic (exact) mass is 228 g/mol. The van der Waals surface area contributed by atoms with Crippen LogP contribution in [0.25, 0.3) is 0 Å². The Hall–Kier alpha value is -0.250. The number of halogens is 1. The van der Waals surface area contributed by atoms with Crippen LogP contribution in [0.4, 0.5) is 4.53 Å². The lowest BCUT2D eigenvalue weighted by Crippen LogP contribution is -1.91. The minimum Gasteiger partial charge on any atom is -0.334 e. The molecule has 0 N–H and O–H groups in total. The first-order valence-electron chi connectivity index (χ1n) is 4.44. The molecule has 0 aliphatic heterocycles. The van der Waals surface area contributed by atoms with Crippen molar-refractivity contribution in [1.82, 2.24) is 0 Å². The Kier molecular flexibility index (Phi) is 14.7. The molecule has 0 unspecified atom stereocenters. The van der Waals surface area contributed by atoms with Gasteiger partial charge in [-0.2, -0.15) is 0 Å². The van der Waals surface area contributed by atoms with Gasteiger partial charge in [-0.25, -0.2) is 4.79 Å². The Morgan fingerprint density at radius 1 is 1.21 bits per heavy atom.